The first-order valence-corrected chi connectivity index (χ1v) is 9.08. The smallest absolute Gasteiger partial charge is 0.306 e. The van der Waals surface area contributed by atoms with Gasteiger partial charge in [-0.25, -0.2) is 0 Å². The quantitative estimate of drug-likeness (QED) is 0.415. The maximum Gasteiger partial charge on any atom is 0.306 e. The second-order valence-corrected chi connectivity index (χ2v) is 5.16. The van der Waals surface area contributed by atoms with Gasteiger partial charge in [0.25, 0.3) is 0 Å². The average molecular weight is 349 g/mol. The normalized spacial score (nSPS) is 10.4. The van der Waals surface area contributed by atoms with E-state index in [0.29, 0.717) is 26.1 Å². The van der Waals surface area contributed by atoms with Crippen LogP contribution < -0.4 is 0 Å². The van der Waals surface area contributed by atoms with Gasteiger partial charge in [-0.2, -0.15) is 0 Å². The predicted molar refractivity (Wildman–Crippen MR) is 109 cm³/mol. The van der Waals surface area contributed by atoms with Crippen LogP contribution in [0, 0.1) is 0 Å². The molecule has 0 amide bonds. The zero-order chi connectivity index (χ0) is 19.7. The second kappa shape index (κ2) is 17.0. The molecule has 3 heteroatoms. The minimum Gasteiger partial charge on any atom is -0.460 e. The van der Waals surface area contributed by atoms with Crippen LogP contribution in [0.15, 0.2) is 44.0 Å². The van der Waals surface area contributed by atoms with E-state index >= 15 is 0 Å². The number of ether oxygens (including phenoxy) is 2. The molecule has 0 N–H and O–H groups in total. The first-order chi connectivity index (χ1) is 12.1. The molecule has 0 aliphatic carbocycles. The Labute approximate surface area is 154 Å². The number of carbonyl (C=O) groups is 1. The molecule has 0 bridgehead atoms. The molecule has 0 saturated heterocycles. The summed E-state index contributed by atoms with van der Waals surface area (Å²) in [5.41, 5.74) is 3.27. The van der Waals surface area contributed by atoms with Crippen LogP contribution in [0.4, 0.5) is 0 Å². The summed E-state index contributed by atoms with van der Waals surface area (Å²) in [7, 11) is 0. The van der Waals surface area contributed by atoms with E-state index in [-0.39, 0.29) is 12.1 Å². The van der Waals surface area contributed by atoms with Gasteiger partial charge in [0, 0.05) is 13.0 Å². The Bertz CT molecular complexity index is 480. The summed E-state index contributed by atoms with van der Waals surface area (Å²) in [5.74, 6) is -0.165. The number of esters is 1. The lowest BCUT2D eigenvalue weighted by Crippen LogP contribution is -2.23. The van der Waals surface area contributed by atoms with Crippen LogP contribution in [-0.4, -0.2) is 25.3 Å². The Morgan fingerprint density at radius 1 is 1.20 bits per heavy atom. The summed E-state index contributed by atoms with van der Waals surface area (Å²) in [6.45, 7) is 21.0. The van der Waals surface area contributed by atoms with E-state index in [0.717, 1.165) is 23.1 Å². The lowest BCUT2D eigenvalue weighted by Gasteiger charge is -2.16. The van der Waals surface area contributed by atoms with Crippen LogP contribution in [0.25, 0.3) is 5.57 Å². The molecule has 0 heterocycles. The number of allylic oxidation sites excluding steroid dienone is 1. The average Bonchev–Trinajstić information content (AvgIpc) is 2.66. The van der Waals surface area contributed by atoms with Gasteiger partial charge in [-0.3, -0.25) is 4.79 Å². The molecule has 0 spiro atoms. The highest BCUT2D eigenvalue weighted by atomic mass is 16.6. The van der Waals surface area contributed by atoms with Crippen molar-refractivity contribution in [1.29, 1.82) is 0 Å². The molecule has 1 aromatic carbocycles. The van der Waals surface area contributed by atoms with E-state index in [1.54, 1.807) is 0 Å². The molecule has 0 aliphatic rings. The van der Waals surface area contributed by atoms with E-state index < -0.39 is 0 Å². The molecule has 0 aromatic heterocycles. The van der Waals surface area contributed by atoms with E-state index in [4.69, 9.17) is 9.47 Å². The fraction of sp³-hybridized carbons (Fsp3) is 0.500. The van der Waals surface area contributed by atoms with Gasteiger partial charge in [-0.15, -0.1) is 13.2 Å². The summed E-state index contributed by atoms with van der Waals surface area (Å²) in [6.07, 6.45) is 1.71. The van der Waals surface area contributed by atoms with Crippen molar-refractivity contribution in [3.05, 3.63) is 55.1 Å². The van der Waals surface area contributed by atoms with Gasteiger partial charge >= 0.3 is 5.97 Å². The van der Waals surface area contributed by atoms with E-state index in [9.17, 15) is 4.79 Å². The van der Waals surface area contributed by atoms with Gasteiger partial charge < -0.3 is 9.47 Å². The molecule has 1 rings (SSSR count). The molecule has 0 saturated carbocycles. The van der Waals surface area contributed by atoms with Gasteiger partial charge in [-0.05, 0) is 37.8 Å². The SMILES string of the molecule is C=C.C=C(C)c1cccc(CCC(=O)OC(CC)COCC)c1.CC. The van der Waals surface area contributed by atoms with Crippen molar-refractivity contribution in [2.24, 2.45) is 0 Å². The molecule has 3 nitrogen and oxygen atoms in total. The third-order valence-corrected chi connectivity index (χ3v) is 3.30. The van der Waals surface area contributed by atoms with Crippen LogP contribution in [-0.2, 0) is 20.7 Å². The minimum absolute atomic E-state index is 0.140. The summed E-state index contributed by atoms with van der Waals surface area (Å²) in [6, 6.07) is 8.12. The van der Waals surface area contributed by atoms with Crippen LogP contribution >= 0.6 is 0 Å². The molecule has 142 valence electrons. The van der Waals surface area contributed by atoms with Gasteiger partial charge in [0.05, 0.1) is 6.61 Å². The maximum atomic E-state index is 11.9. The first-order valence-electron chi connectivity index (χ1n) is 9.08. The molecule has 25 heavy (non-hydrogen) atoms. The number of carbonyl (C=O) groups excluding carboxylic acids is 1. The Morgan fingerprint density at radius 2 is 1.84 bits per heavy atom. The van der Waals surface area contributed by atoms with Crippen LogP contribution in [0.1, 0.15) is 58.6 Å². The third-order valence-electron chi connectivity index (χ3n) is 3.30. The largest absolute Gasteiger partial charge is 0.460 e. The summed E-state index contributed by atoms with van der Waals surface area (Å²) in [4.78, 5) is 11.9. The summed E-state index contributed by atoms with van der Waals surface area (Å²) in [5, 5.41) is 0. The van der Waals surface area contributed by atoms with Crippen molar-refractivity contribution in [2.45, 2.75) is 60.0 Å². The van der Waals surface area contributed by atoms with Gasteiger partial charge in [0.2, 0.25) is 0 Å². The number of rotatable bonds is 9. The Balaban J connectivity index is 0. The van der Waals surface area contributed by atoms with Crippen molar-refractivity contribution < 1.29 is 14.3 Å². The minimum atomic E-state index is -0.165. The number of benzene rings is 1. The van der Waals surface area contributed by atoms with Crippen LogP contribution in [0.2, 0.25) is 0 Å². The molecule has 1 atom stereocenters. The van der Waals surface area contributed by atoms with E-state index in [1.807, 2.05) is 52.8 Å². The standard InChI is InChI=1S/C18H26O3.C2H6.C2H4/c1-5-17(13-20-6-2)21-18(19)11-10-15-8-7-9-16(12-15)14(3)4;2*1-2/h7-9,12,17H,3,5-6,10-11,13H2,1-2,4H3;1-2H3;1-2H2. The first kappa shape index (κ1) is 25.4. The fourth-order valence-electron chi connectivity index (χ4n) is 1.97. The van der Waals surface area contributed by atoms with Crippen LogP contribution in [0.3, 0.4) is 0 Å². The van der Waals surface area contributed by atoms with Crippen LogP contribution in [0.5, 0.6) is 0 Å². The number of hydrogen-bond donors (Lipinski definition) is 0. The predicted octanol–water partition coefficient (Wildman–Crippen LogP) is 5.84. The van der Waals surface area contributed by atoms with Gasteiger partial charge in [-0.1, -0.05) is 57.2 Å². The topological polar surface area (TPSA) is 35.5 Å². The number of aryl methyl sites for hydroxylation is 1. The number of hydrogen-bond acceptors (Lipinski definition) is 3. The Hall–Kier alpha value is -1.87. The zero-order valence-corrected chi connectivity index (χ0v) is 16.8. The zero-order valence-electron chi connectivity index (χ0n) is 16.8. The molecular weight excluding hydrogens is 312 g/mol. The Morgan fingerprint density at radius 3 is 2.36 bits per heavy atom. The Kier molecular flexibility index (Phi) is 17.2. The lowest BCUT2D eigenvalue weighted by atomic mass is 10.0. The lowest BCUT2D eigenvalue weighted by molar-refractivity contribution is -0.152. The van der Waals surface area contributed by atoms with E-state index in [1.165, 1.54) is 0 Å². The van der Waals surface area contributed by atoms with Crippen molar-refractivity contribution in [3.8, 4) is 0 Å². The summed E-state index contributed by atoms with van der Waals surface area (Å²) >= 11 is 0. The highest BCUT2D eigenvalue weighted by molar-refractivity contribution is 5.70. The summed E-state index contributed by atoms with van der Waals surface area (Å²) < 4.78 is 10.7. The molecular formula is C22H36O3. The second-order valence-electron chi connectivity index (χ2n) is 5.16. The molecule has 1 aromatic rings. The van der Waals surface area contributed by atoms with Gasteiger partial charge in [0.1, 0.15) is 6.10 Å². The maximum absolute atomic E-state index is 11.9. The van der Waals surface area contributed by atoms with E-state index in [2.05, 4.69) is 25.8 Å². The molecule has 0 fully saturated rings. The van der Waals surface area contributed by atoms with Crippen molar-refractivity contribution in [1.82, 2.24) is 0 Å². The van der Waals surface area contributed by atoms with Gasteiger partial charge in [0.15, 0.2) is 0 Å². The molecule has 0 radical (unpaired) electrons. The fourth-order valence-corrected chi connectivity index (χ4v) is 1.97. The monoisotopic (exact) mass is 348 g/mol. The highest BCUT2D eigenvalue weighted by Gasteiger charge is 2.12. The third kappa shape index (κ3) is 12.2. The van der Waals surface area contributed by atoms with Crippen molar-refractivity contribution in [3.63, 3.8) is 0 Å². The molecule has 0 aliphatic heterocycles. The van der Waals surface area contributed by atoms with Crippen molar-refractivity contribution >= 4 is 11.5 Å². The molecule has 1 unspecified atom stereocenters. The van der Waals surface area contributed by atoms with Crippen molar-refractivity contribution in [2.75, 3.05) is 13.2 Å². The highest BCUT2D eigenvalue weighted by Crippen LogP contribution is 2.15.